The van der Waals surface area contributed by atoms with E-state index in [1.54, 1.807) is 24.5 Å². The summed E-state index contributed by atoms with van der Waals surface area (Å²) in [6.45, 7) is 0. The van der Waals surface area contributed by atoms with Crippen LogP contribution in [0.5, 0.6) is 0 Å². The van der Waals surface area contributed by atoms with Gasteiger partial charge in [0.25, 0.3) is 5.56 Å². The molecule has 2 aromatic heterocycles. The van der Waals surface area contributed by atoms with E-state index in [4.69, 9.17) is 0 Å². The van der Waals surface area contributed by atoms with E-state index in [9.17, 15) is 14.4 Å². The lowest BCUT2D eigenvalue weighted by atomic mass is 10.3. The highest BCUT2D eigenvalue weighted by Crippen LogP contribution is 1.90. The van der Waals surface area contributed by atoms with Crippen molar-refractivity contribution in [2.45, 2.75) is 6.42 Å². The Labute approximate surface area is 111 Å². The zero-order valence-electron chi connectivity index (χ0n) is 10.2. The Morgan fingerprint density at radius 1 is 1.35 bits per heavy atom. The number of hydrogen-bond acceptors (Lipinski definition) is 6. The monoisotopic (exact) mass is 274 g/mol. The van der Waals surface area contributed by atoms with Crippen LogP contribution in [0.4, 0.5) is 0 Å². The number of carbonyl (C=O) groups is 1. The molecule has 9 nitrogen and oxygen atoms in total. The van der Waals surface area contributed by atoms with Gasteiger partial charge in [-0.2, -0.15) is 10.2 Å². The van der Waals surface area contributed by atoms with Crippen LogP contribution >= 0.6 is 0 Å². The zero-order valence-corrected chi connectivity index (χ0v) is 10.2. The Bertz CT molecular complexity index is 734. The second-order valence-electron chi connectivity index (χ2n) is 3.70. The molecule has 0 fully saturated rings. The standard InChI is InChI=1S/C11H10N6O3/c18-9(5-8-10(19)14-11(20)17-15-8)16-13-6-7-1-3-12-4-2-7/h1-4,6H,5H2,(H,16,18)(H2,14,17,19,20)/b13-6-. The quantitative estimate of drug-likeness (QED) is 0.463. The average Bonchev–Trinajstić information content (AvgIpc) is 2.43. The molecule has 2 heterocycles. The summed E-state index contributed by atoms with van der Waals surface area (Å²) >= 11 is 0. The fraction of sp³-hybridized carbons (Fsp3) is 0.0909. The van der Waals surface area contributed by atoms with E-state index in [2.05, 4.69) is 20.6 Å². The molecule has 0 atom stereocenters. The molecule has 0 aliphatic heterocycles. The molecule has 0 bridgehead atoms. The number of hydrazone groups is 1. The summed E-state index contributed by atoms with van der Waals surface area (Å²) in [5.41, 5.74) is 1.48. The van der Waals surface area contributed by atoms with Crippen molar-refractivity contribution in [3.8, 4) is 0 Å². The first kappa shape index (κ1) is 13.3. The molecule has 1 amide bonds. The van der Waals surface area contributed by atoms with Gasteiger partial charge in [-0.05, 0) is 17.7 Å². The third-order valence-corrected chi connectivity index (χ3v) is 2.22. The number of pyridine rings is 1. The molecule has 2 aromatic rings. The summed E-state index contributed by atoms with van der Waals surface area (Å²) < 4.78 is 0. The molecule has 0 unspecified atom stereocenters. The average molecular weight is 274 g/mol. The largest absolute Gasteiger partial charge is 0.342 e. The van der Waals surface area contributed by atoms with E-state index >= 15 is 0 Å². The van der Waals surface area contributed by atoms with Gasteiger partial charge in [0.1, 0.15) is 5.69 Å². The Morgan fingerprint density at radius 2 is 2.10 bits per heavy atom. The minimum atomic E-state index is -0.727. The molecule has 0 aliphatic rings. The van der Waals surface area contributed by atoms with Crippen molar-refractivity contribution in [3.63, 3.8) is 0 Å². The number of nitrogens with zero attached hydrogens (tertiary/aromatic N) is 3. The van der Waals surface area contributed by atoms with Crippen LogP contribution in [0.15, 0.2) is 39.2 Å². The Kier molecular flexibility index (Phi) is 4.12. The van der Waals surface area contributed by atoms with Crippen LogP contribution in [0.1, 0.15) is 11.3 Å². The lowest BCUT2D eigenvalue weighted by molar-refractivity contribution is -0.120. The van der Waals surface area contributed by atoms with Crippen molar-refractivity contribution in [2.75, 3.05) is 0 Å². The van der Waals surface area contributed by atoms with Gasteiger partial charge in [0.05, 0.1) is 12.6 Å². The normalized spacial score (nSPS) is 10.6. The fourth-order valence-corrected chi connectivity index (χ4v) is 1.31. The van der Waals surface area contributed by atoms with Crippen LogP contribution in [0, 0.1) is 0 Å². The summed E-state index contributed by atoms with van der Waals surface area (Å²) in [5.74, 6) is -0.527. The molecule has 9 heteroatoms. The topological polar surface area (TPSA) is 133 Å². The molecule has 0 aliphatic carbocycles. The number of carbonyl (C=O) groups excluding carboxylic acids is 1. The Morgan fingerprint density at radius 3 is 2.80 bits per heavy atom. The molecule has 0 spiro atoms. The summed E-state index contributed by atoms with van der Waals surface area (Å²) in [6.07, 6.45) is 4.32. The number of rotatable bonds is 4. The van der Waals surface area contributed by atoms with E-state index in [0.717, 1.165) is 5.56 Å². The van der Waals surface area contributed by atoms with Crippen LogP contribution in [-0.2, 0) is 11.2 Å². The van der Waals surface area contributed by atoms with Gasteiger partial charge in [0.2, 0.25) is 5.91 Å². The predicted octanol–water partition coefficient (Wildman–Crippen LogP) is -1.45. The zero-order chi connectivity index (χ0) is 14.4. The van der Waals surface area contributed by atoms with Crippen LogP contribution < -0.4 is 16.7 Å². The smallest absolute Gasteiger partial charge is 0.273 e. The number of amides is 1. The van der Waals surface area contributed by atoms with Crippen molar-refractivity contribution in [1.29, 1.82) is 0 Å². The second kappa shape index (κ2) is 6.18. The SMILES string of the molecule is O=C(Cc1n[nH]c(=O)[nH]c1=O)N/N=C\c1ccncc1. The summed E-state index contributed by atoms with van der Waals surface area (Å²) in [4.78, 5) is 39.4. The van der Waals surface area contributed by atoms with E-state index in [0.29, 0.717) is 0 Å². The second-order valence-corrected chi connectivity index (χ2v) is 3.70. The van der Waals surface area contributed by atoms with Crippen molar-refractivity contribution >= 4 is 12.1 Å². The van der Waals surface area contributed by atoms with Gasteiger partial charge >= 0.3 is 5.69 Å². The molecular weight excluding hydrogens is 264 g/mol. The highest BCUT2D eigenvalue weighted by Gasteiger charge is 2.08. The van der Waals surface area contributed by atoms with E-state index < -0.39 is 17.2 Å². The number of H-pyrrole nitrogens is 2. The first-order valence-electron chi connectivity index (χ1n) is 5.55. The fourth-order valence-electron chi connectivity index (χ4n) is 1.31. The van der Waals surface area contributed by atoms with Crippen LogP contribution in [0.25, 0.3) is 0 Å². The van der Waals surface area contributed by atoms with Crippen LogP contribution in [0.2, 0.25) is 0 Å². The van der Waals surface area contributed by atoms with E-state index in [1.807, 2.05) is 10.1 Å². The van der Waals surface area contributed by atoms with E-state index in [1.165, 1.54) is 6.21 Å². The highest BCUT2D eigenvalue weighted by atomic mass is 16.2. The first-order valence-corrected chi connectivity index (χ1v) is 5.55. The van der Waals surface area contributed by atoms with Crippen molar-refractivity contribution < 1.29 is 4.79 Å². The molecule has 2 rings (SSSR count). The lowest BCUT2D eigenvalue weighted by Gasteiger charge is -1.98. The van der Waals surface area contributed by atoms with Gasteiger partial charge < -0.3 is 0 Å². The van der Waals surface area contributed by atoms with Crippen molar-refractivity contribution in [3.05, 3.63) is 56.6 Å². The maximum Gasteiger partial charge on any atom is 0.342 e. The summed E-state index contributed by atoms with van der Waals surface area (Å²) in [5, 5.41) is 9.24. The van der Waals surface area contributed by atoms with Gasteiger partial charge in [-0.15, -0.1) is 0 Å². The molecule has 3 N–H and O–H groups in total. The number of aromatic nitrogens is 4. The third-order valence-electron chi connectivity index (χ3n) is 2.22. The van der Waals surface area contributed by atoms with Crippen molar-refractivity contribution in [1.82, 2.24) is 25.6 Å². The third kappa shape index (κ3) is 3.70. The highest BCUT2D eigenvalue weighted by molar-refractivity contribution is 5.82. The van der Waals surface area contributed by atoms with Crippen LogP contribution in [-0.4, -0.2) is 32.3 Å². The number of nitrogens with one attached hydrogen (secondary N) is 3. The minimum Gasteiger partial charge on any atom is -0.273 e. The van der Waals surface area contributed by atoms with E-state index in [-0.39, 0.29) is 12.1 Å². The Hall–Kier alpha value is -3.10. The van der Waals surface area contributed by atoms with Gasteiger partial charge in [0.15, 0.2) is 0 Å². The van der Waals surface area contributed by atoms with Crippen LogP contribution in [0.3, 0.4) is 0 Å². The molecule has 20 heavy (non-hydrogen) atoms. The maximum absolute atomic E-state index is 11.5. The number of hydrogen-bond donors (Lipinski definition) is 3. The van der Waals surface area contributed by atoms with Crippen molar-refractivity contribution in [2.24, 2.45) is 5.10 Å². The molecule has 102 valence electrons. The van der Waals surface area contributed by atoms with Gasteiger partial charge in [0, 0.05) is 12.4 Å². The molecule has 0 aromatic carbocycles. The predicted molar refractivity (Wildman–Crippen MR) is 69.2 cm³/mol. The molecule has 0 saturated carbocycles. The first-order chi connectivity index (χ1) is 9.65. The van der Waals surface area contributed by atoms with Gasteiger partial charge in [-0.3, -0.25) is 19.6 Å². The lowest BCUT2D eigenvalue weighted by Crippen LogP contribution is -2.31. The minimum absolute atomic E-state index is 0.0961. The maximum atomic E-state index is 11.5. The Balaban J connectivity index is 1.94. The molecule has 0 radical (unpaired) electrons. The molecule has 0 saturated heterocycles. The number of aromatic amines is 2. The van der Waals surface area contributed by atoms with Gasteiger partial charge in [-0.1, -0.05) is 0 Å². The molecular formula is C11H10N6O3. The summed E-state index contributed by atoms with van der Waals surface area (Å²) in [7, 11) is 0. The van der Waals surface area contributed by atoms with Gasteiger partial charge in [-0.25, -0.2) is 15.3 Å². The summed E-state index contributed by atoms with van der Waals surface area (Å²) in [6, 6.07) is 3.42.